The second kappa shape index (κ2) is 7.60. The number of hydrogen-bond donors (Lipinski definition) is 0. The molecule has 1 saturated carbocycles. The molecule has 0 spiro atoms. The highest BCUT2D eigenvalue weighted by molar-refractivity contribution is 7.92. The molecule has 1 aromatic carbocycles. The molecule has 27 heavy (non-hydrogen) atoms. The average Bonchev–Trinajstić information content (AvgIpc) is 3.11. The van der Waals surface area contributed by atoms with Crippen molar-refractivity contribution in [1.82, 2.24) is 4.90 Å². The van der Waals surface area contributed by atoms with Gasteiger partial charge in [-0.3, -0.25) is 0 Å². The molecule has 1 aliphatic heterocycles. The molecule has 0 unspecified atom stereocenters. The molecule has 1 aromatic rings. The lowest BCUT2D eigenvalue weighted by atomic mass is 10.1. The van der Waals surface area contributed by atoms with E-state index in [9.17, 15) is 21.6 Å². The van der Waals surface area contributed by atoms with Crippen molar-refractivity contribution in [2.75, 3.05) is 45.2 Å². The van der Waals surface area contributed by atoms with E-state index in [0.717, 1.165) is 25.2 Å². The normalized spacial score (nSPS) is 25.1. The Morgan fingerprint density at radius 2 is 1.78 bits per heavy atom. The van der Waals surface area contributed by atoms with E-state index in [1.165, 1.54) is 13.2 Å². The van der Waals surface area contributed by atoms with E-state index in [-0.39, 0.29) is 12.5 Å². The minimum Gasteiger partial charge on any atom is -0.381 e. The maximum atomic E-state index is 13.7. The number of benzene rings is 1. The van der Waals surface area contributed by atoms with Gasteiger partial charge in [-0.05, 0) is 44.5 Å². The summed E-state index contributed by atoms with van der Waals surface area (Å²) in [5.41, 5.74) is -0.657. The maximum absolute atomic E-state index is 13.7. The Labute approximate surface area is 158 Å². The van der Waals surface area contributed by atoms with Gasteiger partial charge in [-0.15, -0.1) is 0 Å². The molecule has 152 valence electrons. The zero-order chi connectivity index (χ0) is 19.8. The zero-order valence-electron chi connectivity index (χ0n) is 15.5. The van der Waals surface area contributed by atoms with E-state index in [2.05, 4.69) is 4.90 Å². The summed E-state index contributed by atoms with van der Waals surface area (Å²) >= 11 is 0. The number of likely N-dealkylation sites (N-methyl/N-ethyl adjacent to an activating group) is 1. The summed E-state index contributed by atoms with van der Waals surface area (Å²) in [6.07, 6.45) is -3.86. The van der Waals surface area contributed by atoms with E-state index in [1.54, 1.807) is 0 Å². The van der Waals surface area contributed by atoms with E-state index in [0.29, 0.717) is 31.6 Å². The van der Waals surface area contributed by atoms with Gasteiger partial charge in [-0.2, -0.15) is 13.2 Å². The number of piperazine rings is 1. The summed E-state index contributed by atoms with van der Waals surface area (Å²) in [5, 5.41) is -0.835. The lowest BCUT2D eigenvalue weighted by Gasteiger charge is -2.34. The van der Waals surface area contributed by atoms with Crippen LogP contribution in [0.15, 0.2) is 23.1 Å². The lowest BCUT2D eigenvalue weighted by molar-refractivity contribution is -0.139. The molecule has 0 radical (unpaired) electrons. The van der Waals surface area contributed by atoms with Crippen LogP contribution in [0.4, 0.5) is 18.9 Å². The molecule has 2 atom stereocenters. The number of methoxy groups -OCH3 is 1. The smallest absolute Gasteiger partial charge is 0.381 e. The maximum Gasteiger partial charge on any atom is 0.417 e. The van der Waals surface area contributed by atoms with Crippen LogP contribution < -0.4 is 4.90 Å². The van der Waals surface area contributed by atoms with Crippen molar-refractivity contribution in [1.29, 1.82) is 0 Å². The van der Waals surface area contributed by atoms with Crippen LogP contribution in [0.1, 0.15) is 24.8 Å². The summed E-state index contributed by atoms with van der Waals surface area (Å²) in [4.78, 5) is 3.35. The van der Waals surface area contributed by atoms with Crippen LogP contribution >= 0.6 is 0 Å². The van der Waals surface area contributed by atoms with Gasteiger partial charge in [-0.1, -0.05) is 0 Å². The molecule has 2 fully saturated rings. The second-order valence-corrected chi connectivity index (χ2v) is 9.50. The van der Waals surface area contributed by atoms with Gasteiger partial charge in [0.15, 0.2) is 9.84 Å². The van der Waals surface area contributed by atoms with Crippen LogP contribution in [0.5, 0.6) is 0 Å². The van der Waals surface area contributed by atoms with Gasteiger partial charge < -0.3 is 14.5 Å². The minimum absolute atomic E-state index is 0.219. The Balaban J connectivity index is 1.95. The highest BCUT2D eigenvalue weighted by Gasteiger charge is 2.42. The number of sulfone groups is 1. The molecule has 1 aliphatic carbocycles. The van der Waals surface area contributed by atoms with Crippen molar-refractivity contribution in [3.8, 4) is 0 Å². The van der Waals surface area contributed by atoms with Crippen molar-refractivity contribution in [3.63, 3.8) is 0 Å². The second-order valence-electron chi connectivity index (χ2n) is 7.31. The summed E-state index contributed by atoms with van der Waals surface area (Å²) in [5.74, 6) is 0. The number of anilines is 1. The van der Waals surface area contributed by atoms with E-state index in [1.807, 2.05) is 11.9 Å². The molecule has 3 rings (SSSR count). The van der Waals surface area contributed by atoms with Crippen molar-refractivity contribution in [2.24, 2.45) is 0 Å². The Kier molecular flexibility index (Phi) is 5.74. The number of alkyl halides is 3. The Hall–Kier alpha value is -1.32. The zero-order valence-corrected chi connectivity index (χ0v) is 16.3. The highest BCUT2D eigenvalue weighted by Crippen LogP contribution is 2.40. The van der Waals surface area contributed by atoms with Gasteiger partial charge in [0.05, 0.1) is 21.8 Å². The van der Waals surface area contributed by atoms with Gasteiger partial charge in [0.2, 0.25) is 0 Å². The number of hydrogen-bond acceptors (Lipinski definition) is 5. The number of nitrogens with zero attached hydrogens (tertiary/aromatic N) is 2. The predicted molar refractivity (Wildman–Crippen MR) is 96.8 cm³/mol. The first-order valence-electron chi connectivity index (χ1n) is 9.04. The fourth-order valence-corrected chi connectivity index (χ4v) is 5.84. The molecule has 0 N–H and O–H groups in total. The topological polar surface area (TPSA) is 49.9 Å². The Morgan fingerprint density at radius 3 is 2.33 bits per heavy atom. The first-order chi connectivity index (χ1) is 12.6. The molecule has 0 bridgehead atoms. The highest BCUT2D eigenvalue weighted by atomic mass is 32.2. The van der Waals surface area contributed by atoms with Crippen molar-refractivity contribution in [2.45, 2.75) is 41.7 Å². The van der Waals surface area contributed by atoms with Crippen LogP contribution in [0.3, 0.4) is 0 Å². The number of halogens is 3. The van der Waals surface area contributed by atoms with Crippen molar-refractivity contribution < 1.29 is 26.3 Å². The van der Waals surface area contributed by atoms with E-state index >= 15 is 0 Å². The van der Waals surface area contributed by atoms with Crippen LogP contribution in [0.2, 0.25) is 0 Å². The van der Waals surface area contributed by atoms with Gasteiger partial charge in [-0.25, -0.2) is 8.42 Å². The van der Waals surface area contributed by atoms with Crippen LogP contribution in [0.25, 0.3) is 0 Å². The molecular weight excluding hydrogens is 381 g/mol. The van der Waals surface area contributed by atoms with E-state index < -0.39 is 31.7 Å². The number of ether oxygens (including phenoxy) is 1. The molecule has 0 amide bonds. The van der Waals surface area contributed by atoms with E-state index in [4.69, 9.17) is 4.74 Å². The minimum atomic E-state index is -4.73. The van der Waals surface area contributed by atoms with Gasteiger partial charge in [0.25, 0.3) is 0 Å². The van der Waals surface area contributed by atoms with Gasteiger partial charge in [0, 0.05) is 39.0 Å². The molecule has 5 nitrogen and oxygen atoms in total. The quantitative estimate of drug-likeness (QED) is 0.770. The molecule has 2 aliphatic rings. The lowest BCUT2D eigenvalue weighted by Crippen LogP contribution is -2.44. The first kappa shape index (κ1) is 20.4. The first-order valence-corrected chi connectivity index (χ1v) is 10.6. The fourth-order valence-electron chi connectivity index (χ4n) is 3.83. The SMILES string of the molecule is CO[C@@H]1CC[C@@H](S(=O)(=O)c2ccc(N3CCN(C)CC3)cc2C(F)(F)F)C1. The third-order valence-electron chi connectivity index (χ3n) is 5.55. The fraction of sp³-hybridized carbons (Fsp3) is 0.667. The molecule has 0 aromatic heterocycles. The Bertz CT molecular complexity index is 775. The molecule has 1 heterocycles. The summed E-state index contributed by atoms with van der Waals surface area (Å²) < 4.78 is 72.1. The largest absolute Gasteiger partial charge is 0.417 e. The third kappa shape index (κ3) is 4.25. The van der Waals surface area contributed by atoms with Crippen molar-refractivity contribution in [3.05, 3.63) is 23.8 Å². The van der Waals surface area contributed by atoms with Gasteiger partial charge in [0.1, 0.15) is 0 Å². The third-order valence-corrected chi connectivity index (χ3v) is 7.83. The van der Waals surface area contributed by atoms with Crippen LogP contribution in [-0.4, -0.2) is 65.0 Å². The summed E-state index contributed by atoms with van der Waals surface area (Å²) in [6, 6.07) is 3.61. The summed E-state index contributed by atoms with van der Waals surface area (Å²) in [7, 11) is -0.625. The Morgan fingerprint density at radius 1 is 1.11 bits per heavy atom. The van der Waals surface area contributed by atoms with Gasteiger partial charge >= 0.3 is 6.18 Å². The molecule has 9 heteroatoms. The molecular formula is C18H25F3N2O3S. The predicted octanol–water partition coefficient (Wildman–Crippen LogP) is 2.80. The summed E-state index contributed by atoms with van der Waals surface area (Å²) in [6.45, 7) is 2.72. The number of rotatable bonds is 4. The standard InChI is InChI=1S/C18H25F3N2O3S/c1-22-7-9-23(10-8-22)13-3-6-17(16(11-13)18(19,20)21)27(24,25)15-5-4-14(12-15)26-2/h3,6,11,14-15H,4-5,7-10,12H2,1-2H3/t14-,15-/m1/s1. The van der Waals surface area contributed by atoms with Crippen molar-refractivity contribution >= 4 is 15.5 Å². The average molecular weight is 406 g/mol. The van der Waals surface area contributed by atoms with Crippen LogP contribution in [-0.2, 0) is 20.8 Å². The van der Waals surface area contributed by atoms with Crippen LogP contribution in [0, 0.1) is 0 Å². The monoisotopic (exact) mass is 406 g/mol. The molecule has 1 saturated heterocycles.